The van der Waals surface area contributed by atoms with E-state index in [1.54, 1.807) is 18.2 Å². The second kappa shape index (κ2) is 6.07. The zero-order chi connectivity index (χ0) is 15.5. The third-order valence-electron chi connectivity index (χ3n) is 3.54. The molecule has 0 saturated carbocycles. The van der Waals surface area contributed by atoms with Gasteiger partial charge in [0.15, 0.2) is 0 Å². The molecule has 2 aliphatic heterocycles. The predicted molar refractivity (Wildman–Crippen MR) is 75.9 cm³/mol. The Bertz CT molecular complexity index is 641. The van der Waals surface area contributed by atoms with Crippen LogP contribution in [0, 0.1) is 0 Å². The van der Waals surface area contributed by atoms with Gasteiger partial charge in [0, 0.05) is 17.3 Å². The number of esters is 2. The van der Waals surface area contributed by atoms with E-state index in [4.69, 9.17) is 9.47 Å². The fourth-order valence-corrected chi connectivity index (χ4v) is 2.39. The number of methoxy groups -OCH3 is 1. The number of hydrazine groups is 1. The van der Waals surface area contributed by atoms with Crippen molar-refractivity contribution >= 4 is 11.9 Å². The summed E-state index contributed by atoms with van der Waals surface area (Å²) < 4.78 is 15.4. The lowest BCUT2D eigenvalue weighted by atomic mass is 9.98. The highest BCUT2D eigenvalue weighted by Crippen LogP contribution is 2.38. The minimum atomic E-state index is -0.477. The molecule has 0 bridgehead atoms. The van der Waals surface area contributed by atoms with E-state index in [1.165, 1.54) is 7.11 Å². The van der Waals surface area contributed by atoms with Gasteiger partial charge in [-0.1, -0.05) is 0 Å². The zero-order valence-corrected chi connectivity index (χ0v) is 12.0. The van der Waals surface area contributed by atoms with Crippen LogP contribution in [0.5, 0.6) is 11.5 Å². The molecule has 0 amide bonds. The van der Waals surface area contributed by atoms with Crippen LogP contribution in [0.4, 0.5) is 0 Å². The molecule has 0 fully saturated rings. The van der Waals surface area contributed by atoms with E-state index in [0.29, 0.717) is 12.4 Å². The third-order valence-corrected chi connectivity index (χ3v) is 3.54. The molecular formula is C15H16N2O5. The highest BCUT2D eigenvalue weighted by molar-refractivity contribution is 5.79. The summed E-state index contributed by atoms with van der Waals surface area (Å²) in [6.07, 6.45) is 1.85. The van der Waals surface area contributed by atoms with Crippen molar-refractivity contribution in [2.45, 2.75) is 18.9 Å². The average molecular weight is 304 g/mol. The molecule has 2 aliphatic rings. The van der Waals surface area contributed by atoms with Crippen LogP contribution in [-0.2, 0) is 14.3 Å². The molecule has 22 heavy (non-hydrogen) atoms. The molecule has 1 atom stereocenters. The van der Waals surface area contributed by atoms with Gasteiger partial charge in [-0.05, 0) is 18.2 Å². The van der Waals surface area contributed by atoms with E-state index >= 15 is 0 Å². The van der Waals surface area contributed by atoms with E-state index in [0.717, 1.165) is 16.9 Å². The van der Waals surface area contributed by atoms with Gasteiger partial charge >= 0.3 is 11.9 Å². The maximum absolute atomic E-state index is 11.7. The topological polar surface area (TPSA) is 85.9 Å². The highest BCUT2D eigenvalue weighted by atomic mass is 16.5. The molecule has 1 aromatic rings. The Balaban J connectivity index is 1.68. The van der Waals surface area contributed by atoms with Crippen molar-refractivity contribution < 1.29 is 23.8 Å². The van der Waals surface area contributed by atoms with Crippen molar-refractivity contribution in [2.75, 3.05) is 13.7 Å². The molecule has 0 aliphatic carbocycles. The molecule has 3 rings (SSSR count). The number of fused-ring (bicyclic) bond motifs is 3. The van der Waals surface area contributed by atoms with E-state index < -0.39 is 11.9 Å². The lowest BCUT2D eigenvalue weighted by molar-refractivity contribution is -0.144. The SMILES string of the molecule is COC(=O)CCC(=O)Oc1ccc2c(c1)C1NNC=C1CO2. The molecule has 0 saturated heterocycles. The normalized spacial score (nSPS) is 18.2. The molecule has 2 N–H and O–H groups in total. The van der Waals surface area contributed by atoms with Crippen LogP contribution >= 0.6 is 0 Å². The van der Waals surface area contributed by atoms with Gasteiger partial charge in [0.05, 0.1) is 26.0 Å². The van der Waals surface area contributed by atoms with Crippen LogP contribution in [0.1, 0.15) is 24.4 Å². The van der Waals surface area contributed by atoms with Crippen LogP contribution in [0.15, 0.2) is 30.0 Å². The van der Waals surface area contributed by atoms with Gasteiger partial charge in [0.2, 0.25) is 0 Å². The Labute approximate surface area is 127 Å². The van der Waals surface area contributed by atoms with E-state index in [9.17, 15) is 9.59 Å². The number of benzene rings is 1. The van der Waals surface area contributed by atoms with Crippen molar-refractivity contribution in [1.29, 1.82) is 0 Å². The second-order valence-corrected chi connectivity index (χ2v) is 4.98. The van der Waals surface area contributed by atoms with Crippen LogP contribution in [0.2, 0.25) is 0 Å². The van der Waals surface area contributed by atoms with E-state index in [1.807, 2.05) is 6.20 Å². The molecule has 1 unspecified atom stereocenters. The number of carbonyl (C=O) groups excluding carboxylic acids is 2. The predicted octanol–water partition coefficient (Wildman–Crippen LogP) is 0.970. The summed E-state index contributed by atoms with van der Waals surface area (Å²) in [5.74, 6) is 0.266. The summed E-state index contributed by atoms with van der Waals surface area (Å²) in [4.78, 5) is 22.7. The van der Waals surface area contributed by atoms with Crippen LogP contribution in [0.25, 0.3) is 0 Å². The Morgan fingerprint density at radius 2 is 2.14 bits per heavy atom. The fourth-order valence-electron chi connectivity index (χ4n) is 2.39. The van der Waals surface area contributed by atoms with Gasteiger partial charge in [-0.2, -0.15) is 0 Å². The third kappa shape index (κ3) is 2.89. The number of rotatable bonds is 4. The van der Waals surface area contributed by atoms with Gasteiger partial charge in [-0.3, -0.25) is 9.59 Å². The number of carbonyl (C=O) groups is 2. The Morgan fingerprint density at radius 3 is 2.95 bits per heavy atom. The first-order chi connectivity index (χ1) is 10.7. The minimum absolute atomic E-state index is 0.00434. The van der Waals surface area contributed by atoms with Crippen molar-refractivity contribution in [3.8, 4) is 11.5 Å². The molecule has 0 radical (unpaired) electrons. The Hall–Kier alpha value is -2.54. The van der Waals surface area contributed by atoms with E-state index in [-0.39, 0.29) is 18.9 Å². The summed E-state index contributed by atoms with van der Waals surface area (Å²) in [6.45, 7) is 0.524. The Kier molecular flexibility index (Phi) is 3.97. The molecular weight excluding hydrogens is 288 g/mol. The number of hydrogen-bond donors (Lipinski definition) is 2. The molecule has 2 heterocycles. The summed E-state index contributed by atoms with van der Waals surface area (Å²) in [5, 5.41) is 0. The molecule has 0 spiro atoms. The number of hydrogen-bond acceptors (Lipinski definition) is 7. The van der Waals surface area contributed by atoms with Crippen LogP contribution < -0.4 is 20.3 Å². The van der Waals surface area contributed by atoms with Gasteiger partial charge < -0.3 is 19.6 Å². The largest absolute Gasteiger partial charge is 0.489 e. The molecule has 116 valence electrons. The second-order valence-electron chi connectivity index (χ2n) is 4.98. The summed E-state index contributed by atoms with van der Waals surface area (Å²) in [6, 6.07) is 5.22. The summed E-state index contributed by atoms with van der Waals surface area (Å²) in [7, 11) is 1.28. The smallest absolute Gasteiger partial charge is 0.311 e. The quantitative estimate of drug-likeness (QED) is 0.633. The number of nitrogens with one attached hydrogen (secondary N) is 2. The first kappa shape index (κ1) is 14.4. The highest BCUT2D eigenvalue weighted by Gasteiger charge is 2.29. The lowest BCUT2D eigenvalue weighted by Gasteiger charge is -2.25. The monoisotopic (exact) mass is 304 g/mol. The average Bonchev–Trinajstić information content (AvgIpc) is 3.01. The maximum atomic E-state index is 11.7. The fraction of sp³-hybridized carbons (Fsp3) is 0.333. The first-order valence-electron chi connectivity index (χ1n) is 6.91. The molecule has 7 nitrogen and oxygen atoms in total. The van der Waals surface area contributed by atoms with Crippen molar-refractivity contribution in [3.05, 3.63) is 35.5 Å². The molecule has 1 aromatic carbocycles. The van der Waals surface area contributed by atoms with Crippen LogP contribution in [-0.4, -0.2) is 25.7 Å². The van der Waals surface area contributed by atoms with Crippen LogP contribution in [0.3, 0.4) is 0 Å². The Morgan fingerprint density at radius 1 is 1.32 bits per heavy atom. The van der Waals surface area contributed by atoms with Gasteiger partial charge in [0.25, 0.3) is 0 Å². The first-order valence-corrected chi connectivity index (χ1v) is 6.91. The van der Waals surface area contributed by atoms with E-state index in [2.05, 4.69) is 15.6 Å². The summed E-state index contributed by atoms with van der Waals surface area (Å²) >= 11 is 0. The van der Waals surface area contributed by atoms with Crippen molar-refractivity contribution in [1.82, 2.24) is 10.9 Å². The summed E-state index contributed by atoms with van der Waals surface area (Å²) in [5.41, 5.74) is 8.06. The van der Waals surface area contributed by atoms with Gasteiger partial charge in [-0.15, -0.1) is 0 Å². The lowest BCUT2D eigenvalue weighted by Crippen LogP contribution is -2.28. The zero-order valence-electron chi connectivity index (χ0n) is 12.0. The number of ether oxygens (including phenoxy) is 3. The minimum Gasteiger partial charge on any atom is -0.489 e. The van der Waals surface area contributed by atoms with Gasteiger partial charge in [0.1, 0.15) is 18.1 Å². The van der Waals surface area contributed by atoms with Crippen molar-refractivity contribution in [2.24, 2.45) is 0 Å². The maximum Gasteiger partial charge on any atom is 0.311 e. The molecule has 0 aromatic heterocycles. The van der Waals surface area contributed by atoms with Crippen molar-refractivity contribution in [3.63, 3.8) is 0 Å². The molecule has 7 heteroatoms. The standard InChI is InChI=1S/C15H16N2O5/c1-20-13(18)4-5-14(19)22-10-2-3-12-11(6-10)15-9(8-21-12)7-16-17-15/h2-3,6-7,15-17H,4-5,8H2,1H3. The van der Waals surface area contributed by atoms with Gasteiger partial charge in [-0.25, -0.2) is 5.43 Å².